The summed E-state index contributed by atoms with van der Waals surface area (Å²) in [5, 5.41) is 3.32. The number of nitrogens with zero attached hydrogens (tertiary/aromatic N) is 1. The van der Waals surface area contributed by atoms with Crippen molar-refractivity contribution in [2.45, 2.75) is 19.1 Å². The minimum Gasteiger partial charge on any atom is -0.494 e. The van der Waals surface area contributed by atoms with Gasteiger partial charge in [0.2, 0.25) is 0 Å². The molecule has 2 aromatic carbocycles. The highest BCUT2D eigenvalue weighted by atomic mass is 79.9. The third-order valence-electron chi connectivity index (χ3n) is 4.64. The second kappa shape index (κ2) is 8.63. The third-order valence-corrected chi connectivity index (χ3v) is 5.13. The molecule has 0 spiro atoms. The summed E-state index contributed by atoms with van der Waals surface area (Å²) in [4.78, 5) is 2.28. The molecule has 1 atom stereocenters. The van der Waals surface area contributed by atoms with Crippen molar-refractivity contribution in [1.29, 1.82) is 0 Å². The molecule has 1 saturated heterocycles. The third kappa shape index (κ3) is 4.83. The number of ether oxygens (including phenoxy) is 1. The largest absolute Gasteiger partial charge is 0.494 e. The number of alkyl halides is 3. The fourth-order valence-corrected chi connectivity index (χ4v) is 3.78. The summed E-state index contributed by atoms with van der Waals surface area (Å²) in [5.74, 6) is 0.754. The predicted molar refractivity (Wildman–Crippen MR) is 103 cm³/mol. The van der Waals surface area contributed by atoms with Crippen molar-refractivity contribution >= 4 is 15.9 Å². The van der Waals surface area contributed by atoms with Gasteiger partial charge >= 0.3 is 6.18 Å². The molecular formula is C20H22BrF3N2O. The molecule has 0 radical (unpaired) electrons. The van der Waals surface area contributed by atoms with Gasteiger partial charge in [-0.3, -0.25) is 4.90 Å². The van der Waals surface area contributed by atoms with Gasteiger partial charge in [-0.15, -0.1) is 0 Å². The highest BCUT2D eigenvalue weighted by molar-refractivity contribution is 9.10. The number of benzene rings is 2. The van der Waals surface area contributed by atoms with Gasteiger partial charge in [0.15, 0.2) is 0 Å². The van der Waals surface area contributed by atoms with Crippen LogP contribution in [0.5, 0.6) is 5.75 Å². The fraction of sp³-hybridized carbons (Fsp3) is 0.400. The van der Waals surface area contributed by atoms with Crippen LogP contribution in [-0.4, -0.2) is 37.7 Å². The number of rotatable bonds is 5. The molecule has 1 aliphatic heterocycles. The average molecular weight is 443 g/mol. The van der Waals surface area contributed by atoms with E-state index in [0.717, 1.165) is 59.7 Å². The lowest BCUT2D eigenvalue weighted by Crippen LogP contribution is -2.45. The first-order chi connectivity index (χ1) is 12.9. The smallest absolute Gasteiger partial charge is 0.416 e. The minimum absolute atomic E-state index is 0.173. The number of hydrogen-bond donors (Lipinski definition) is 1. The number of nitrogens with one attached hydrogen (secondary N) is 1. The van der Waals surface area contributed by atoms with Crippen LogP contribution in [0, 0.1) is 0 Å². The Labute approximate surface area is 165 Å². The van der Waals surface area contributed by atoms with Crippen LogP contribution >= 0.6 is 15.9 Å². The molecule has 3 rings (SSSR count). The Morgan fingerprint density at radius 2 is 1.78 bits per heavy atom. The van der Waals surface area contributed by atoms with Gasteiger partial charge in [0.1, 0.15) is 5.75 Å². The number of halogens is 4. The Balaban J connectivity index is 2.05. The summed E-state index contributed by atoms with van der Waals surface area (Å²) in [5.41, 5.74) is 1.14. The van der Waals surface area contributed by atoms with Crippen LogP contribution < -0.4 is 10.1 Å². The van der Waals surface area contributed by atoms with Crippen molar-refractivity contribution in [2.75, 3.05) is 32.8 Å². The SMILES string of the molecule is CCOc1ccc(Br)cc1C(c1ccc(C(F)(F)F)cc1)N1CCNCC1. The Bertz CT molecular complexity index is 759. The Morgan fingerprint density at radius 1 is 1.11 bits per heavy atom. The first kappa shape index (κ1) is 20.2. The van der Waals surface area contributed by atoms with E-state index in [9.17, 15) is 13.2 Å². The molecule has 27 heavy (non-hydrogen) atoms. The second-order valence-electron chi connectivity index (χ2n) is 6.42. The van der Waals surface area contributed by atoms with Gasteiger partial charge in [-0.2, -0.15) is 13.2 Å². The Hall–Kier alpha value is -1.57. The molecule has 0 aliphatic carbocycles. The molecule has 0 saturated carbocycles. The standard InChI is InChI=1S/C20H22BrF3N2O/c1-2-27-18-8-7-16(21)13-17(18)19(26-11-9-25-10-12-26)14-3-5-15(6-4-14)20(22,23)24/h3-8,13,19,25H,2,9-12H2,1H3. The van der Waals surface area contributed by atoms with Crippen molar-refractivity contribution in [2.24, 2.45) is 0 Å². The average Bonchev–Trinajstić information content (AvgIpc) is 2.65. The Kier molecular flexibility index (Phi) is 6.44. The summed E-state index contributed by atoms with van der Waals surface area (Å²) in [6.45, 7) is 5.75. The van der Waals surface area contributed by atoms with E-state index >= 15 is 0 Å². The van der Waals surface area contributed by atoms with Crippen LogP contribution in [-0.2, 0) is 6.18 Å². The van der Waals surface area contributed by atoms with Gasteiger partial charge < -0.3 is 10.1 Å². The fourth-order valence-electron chi connectivity index (χ4n) is 3.40. The predicted octanol–water partition coefficient (Wildman–Crippen LogP) is 4.86. The molecule has 3 nitrogen and oxygen atoms in total. The maximum atomic E-state index is 13.0. The van der Waals surface area contributed by atoms with E-state index in [2.05, 4.69) is 26.1 Å². The highest BCUT2D eigenvalue weighted by Gasteiger charge is 2.32. The van der Waals surface area contributed by atoms with Gasteiger partial charge in [-0.1, -0.05) is 28.1 Å². The number of hydrogen-bond acceptors (Lipinski definition) is 3. The van der Waals surface area contributed by atoms with E-state index in [-0.39, 0.29) is 6.04 Å². The quantitative estimate of drug-likeness (QED) is 0.715. The first-order valence-electron chi connectivity index (χ1n) is 8.94. The van der Waals surface area contributed by atoms with Gasteiger partial charge in [0.25, 0.3) is 0 Å². The molecule has 2 aromatic rings. The van der Waals surface area contributed by atoms with Gasteiger partial charge in [-0.05, 0) is 42.8 Å². The van der Waals surface area contributed by atoms with E-state index in [1.807, 2.05) is 25.1 Å². The van der Waals surface area contributed by atoms with Crippen LogP contribution in [0.15, 0.2) is 46.9 Å². The summed E-state index contributed by atoms with van der Waals surface area (Å²) < 4.78 is 45.6. The summed E-state index contributed by atoms with van der Waals surface area (Å²) in [6.07, 6.45) is -4.34. The second-order valence-corrected chi connectivity index (χ2v) is 7.34. The molecule has 0 amide bonds. The zero-order valence-corrected chi connectivity index (χ0v) is 16.6. The molecular weight excluding hydrogens is 421 g/mol. The van der Waals surface area contributed by atoms with Gasteiger partial charge in [0.05, 0.1) is 18.2 Å². The lowest BCUT2D eigenvalue weighted by Gasteiger charge is -2.36. The van der Waals surface area contributed by atoms with Crippen LogP contribution in [0.4, 0.5) is 13.2 Å². The summed E-state index contributed by atoms with van der Waals surface area (Å²) >= 11 is 3.51. The van der Waals surface area contributed by atoms with Gasteiger partial charge in [-0.25, -0.2) is 0 Å². The lowest BCUT2D eigenvalue weighted by molar-refractivity contribution is -0.137. The van der Waals surface area contributed by atoms with Crippen LogP contribution in [0.3, 0.4) is 0 Å². The highest BCUT2D eigenvalue weighted by Crippen LogP contribution is 2.38. The molecule has 146 valence electrons. The molecule has 0 bridgehead atoms. The zero-order chi connectivity index (χ0) is 19.4. The molecule has 7 heteroatoms. The van der Waals surface area contributed by atoms with Crippen LogP contribution in [0.1, 0.15) is 29.7 Å². The van der Waals surface area contributed by atoms with Crippen molar-refractivity contribution in [3.05, 3.63) is 63.6 Å². The van der Waals surface area contributed by atoms with E-state index in [0.29, 0.717) is 6.61 Å². The minimum atomic E-state index is -4.34. The Morgan fingerprint density at radius 3 is 2.37 bits per heavy atom. The molecule has 1 N–H and O–H groups in total. The molecule has 1 fully saturated rings. The van der Waals surface area contributed by atoms with E-state index in [4.69, 9.17) is 4.74 Å². The maximum absolute atomic E-state index is 13.0. The summed E-state index contributed by atoms with van der Waals surface area (Å²) in [6, 6.07) is 11.1. The monoisotopic (exact) mass is 442 g/mol. The normalized spacial score (nSPS) is 16.9. The van der Waals surface area contributed by atoms with Crippen molar-refractivity contribution in [1.82, 2.24) is 10.2 Å². The van der Waals surface area contributed by atoms with Crippen LogP contribution in [0.2, 0.25) is 0 Å². The topological polar surface area (TPSA) is 24.5 Å². The molecule has 0 aromatic heterocycles. The van der Waals surface area contributed by atoms with E-state index in [1.54, 1.807) is 12.1 Å². The molecule has 1 unspecified atom stereocenters. The molecule has 1 aliphatic rings. The summed E-state index contributed by atoms with van der Waals surface area (Å²) in [7, 11) is 0. The zero-order valence-electron chi connectivity index (χ0n) is 15.0. The van der Waals surface area contributed by atoms with E-state index in [1.165, 1.54) is 0 Å². The molecule has 1 heterocycles. The van der Waals surface area contributed by atoms with E-state index < -0.39 is 11.7 Å². The van der Waals surface area contributed by atoms with Crippen molar-refractivity contribution in [3.8, 4) is 5.75 Å². The first-order valence-corrected chi connectivity index (χ1v) is 9.73. The lowest BCUT2D eigenvalue weighted by atomic mass is 9.94. The maximum Gasteiger partial charge on any atom is 0.416 e. The van der Waals surface area contributed by atoms with Crippen molar-refractivity contribution in [3.63, 3.8) is 0 Å². The van der Waals surface area contributed by atoms with Gasteiger partial charge in [0, 0.05) is 36.2 Å². The van der Waals surface area contributed by atoms with Crippen molar-refractivity contribution < 1.29 is 17.9 Å². The van der Waals surface area contributed by atoms with Crippen LogP contribution in [0.25, 0.3) is 0 Å². The number of piperazine rings is 1.